The average molecular weight is 440 g/mol. The predicted octanol–water partition coefficient (Wildman–Crippen LogP) is 2.77. The minimum absolute atomic E-state index is 0.198. The molecule has 0 saturated carbocycles. The zero-order valence-electron chi connectivity index (χ0n) is 7.91. The van der Waals surface area contributed by atoms with Crippen LogP contribution in [-0.2, 0) is 0 Å². The molecule has 0 aliphatic heterocycles. The van der Waals surface area contributed by atoms with E-state index in [0.717, 1.165) is 3.57 Å². The van der Waals surface area contributed by atoms with Gasteiger partial charge in [-0.05, 0) is 69.4 Å². The van der Waals surface area contributed by atoms with Gasteiger partial charge in [0.2, 0.25) is 5.88 Å². The maximum absolute atomic E-state index is 11.3. The van der Waals surface area contributed by atoms with E-state index in [9.17, 15) is 4.79 Å². The third-order valence-electron chi connectivity index (χ3n) is 1.79. The lowest BCUT2D eigenvalue weighted by Crippen LogP contribution is -2.11. The van der Waals surface area contributed by atoms with Gasteiger partial charge < -0.3 is 9.72 Å². The summed E-state index contributed by atoms with van der Waals surface area (Å²) >= 11 is 4.12. The molecule has 0 saturated heterocycles. The first-order chi connectivity index (χ1) is 7.66. The summed E-state index contributed by atoms with van der Waals surface area (Å²) in [6, 6.07) is 7.52. The molecule has 0 spiro atoms. The summed E-state index contributed by atoms with van der Waals surface area (Å²) in [5, 5.41) is 0. The number of hydrogen-bond donors (Lipinski definition) is 1. The molecule has 4 nitrogen and oxygen atoms in total. The summed E-state index contributed by atoms with van der Waals surface area (Å²) < 4.78 is 7.07. The van der Waals surface area contributed by atoms with Crippen molar-refractivity contribution in [1.29, 1.82) is 0 Å². The zero-order chi connectivity index (χ0) is 11.5. The first-order valence-corrected chi connectivity index (χ1v) is 6.49. The molecule has 16 heavy (non-hydrogen) atoms. The summed E-state index contributed by atoms with van der Waals surface area (Å²) in [5.41, 5.74) is -0.198. The van der Waals surface area contributed by atoms with E-state index in [0.29, 0.717) is 15.2 Å². The number of hydrogen-bond acceptors (Lipinski definition) is 3. The molecule has 1 aromatic carbocycles. The number of halogens is 2. The van der Waals surface area contributed by atoms with Gasteiger partial charge in [-0.2, -0.15) is 0 Å². The average Bonchev–Trinajstić information content (AvgIpc) is 2.28. The molecule has 82 valence electrons. The fraction of sp³-hybridized carbons (Fsp3) is 0. The van der Waals surface area contributed by atoms with E-state index in [2.05, 4.69) is 32.6 Å². The molecule has 1 heterocycles. The first kappa shape index (κ1) is 11.8. The molecule has 1 N–H and O–H groups in total. The predicted molar refractivity (Wildman–Crippen MR) is 76.8 cm³/mol. The van der Waals surface area contributed by atoms with Gasteiger partial charge in [0.1, 0.15) is 9.32 Å². The van der Waals surface area contributed by atoms with Crippen LogP contribution in [0.1, 0.15) is 0 Å². The fourth-order valence-corrected chi connectivity index (χ4v) is 1.82. The van der Waals surface area contributed by atoms with E-state index >= 15 is 0 Å². The van der Waals surface area contributed by atoms with Gasteiger partial charge in [-0.25, -0.2) is 4.98 Å². The van der Waals surface area contributed by atoms with Crippen LogP contribution in [0.15, 0.2) is 35.4 Å². The summed E-state index contributed by atoms with van der Waals surface area (Å²) in [6.07, 6.45) is 1.33. The maximum Gasteiger partial charge on any atom is 0.268 e. The topological polar surface area (TPSA) is 55.0 Å². The highest BCUT2D eigenvalue weighted by atomic mass is 127. The van der Waals surface area contributed by atoms with E-state index < -0.39 is 0 Å². The Hall–Kier alpha value is -0.640. The van der Waals surface area contributed by atoms with Crippen LogP contribution in [0.5, 0.6) is 11.6 Å². The van der Waals surface area contributed by atoms with E-state index in [-0.39, 0.29) is 5.56 Å². The maximum atomic E-state index is 11.3. The van der Waals surface area contributed by atoms with Crippen molar-refractivity contribution in [1.82, 2.24) is 9.97 Å². The fourth-order valence-electron chi connectivity index (χ4n) is 1.05. The van der Waals surface area contributed by atoms with E-state index in [4.69, 9.17) is 4.74 Å². The molecule has 0 unspecified atom stereocenters. The Labute approximate surface area is 119 Å². The van der Waals surface area contributed by atoms with Crippen LogP contribution in [0.3, 0.4) is 0 Å². The Bertz CT molecular complexity index is 551. The highest BCUT2D eigenvalue weighted by molar-refractivity contribution is 14.1. The number of rotatable bonds is 2. The summed E-state index contributed by atoms with van der Waals surface area (Å²) in [7, 11) is 0. The lowest BCUT2D eigenvalue weighted by Gasteiger charge is -2.05. The summed E-state index contributed by atoms with van der Waals surface area (Å²) in [5.74, 6) is 0.988. The molecule has 0 aliphatic rings. The van der Waals surface area contributed by atoms with E-state index in [1.54, 1.807) is 0 Å². The second-order valence-corrected chi connectivity index (χ2v) is 5.23. The molecule has 6 heteroatoms. The third-order valence-corrected chi connectivity index (χ3v) is 3.46. The number of aromatic nitrogens is 2. The number of aromatic amines is 1. The Morgan fingerprint density at radius 1 is 1.19 bits per heavy atom. The molecular weight excluding hydrogens is 434 g/mol. The smallest absolute Gasteiger partial charge is 0.268 e. The molecule has 0 fully saturated rings. The van der Waals surface area contributed by atoms with Crippen molar-refractivity contribution in [3.8, 4) is 11.6 Å². The van der Waals surface area contributed by atoms with E-state index in [1.165, 1.54) is 6.33 Å². The van der Waals surface area contributed by atoms with Crippen molar-refractivity contribution in [2.45, 2.75) is 0 Å². The van der Waals surface area contributed by atoms with Crippen LogP contribution < -0.4 is 10.3 Å². The molecule has 2 rings (SSSR count). The minimum Gasteiger partial charge on any atom is -0.438 e. The van der Waals surface area contributed by atoms with Crippen molar-refractivity contribution < 1.29 is 4.74 Å². The van der Waals surface area contributed by atoms with Crippen LogP contribution in [0.25, 0.3) is 0 Å². The molecule has 0 aliphatic carbocycles. The SMILES string of the molecule is O=c1[nH]cnc(Oc2ccc(I)cc2)c1I. The molecule has 0 atom stereocenters. The molecular formula is C10H6I2N2O2. The monoisotopic (exact) mass is 440 g/mol. The van der Waals surface area contributed by atoms with Crippen LogP contribution in [0.2, 0.25) is 0 Å². The third kappa shape index (κ3) is 2.73. The highest BCUT2D eigenvalue weighted by Gasteiger charge is 2.07. The van der Waals surface area contributed by atoms with Crippen LogP contribution in [0, 0.1) is 7.14 Å². The van der Waals surface area contributed by atoms with Crippen LogP contribution in [-0.4, -0.2) is 9.97 Å². The van der Waals surface area contributed by atoms with E-state index in [1.807, 2.05) is 46.9 Å². The Kier molecular flexibility index (Phi) is 3.79. The lowest BCUT2D eigenvalue weighted by atomic mass is 10.3. The second kappa shape index (κ2) is 5.13. The molecule has 0 radical (unpaired) electrons. The van der Waals surface area contributed by atoms with Gasteiger partial charge in [0.25, 0.3) is 5.56 Å². The number of nitrogens with zero attached hydrogens (tertiary/aromatic N) is 1. The standard InChI is InChI=1S/C10H6I2N2O2/c11-6-1-3-7(4-2-6)16-10-8(12)9(15)13-5-14-10/h1-5H,(H,13,14,15). The van der Waals surface area contributed by atoms with Gasteiger partial charge in [-0.15, -0.1) is 0 Å². The number of H-pyrrole nitrogens is 1. The highest BCUT2D eigenvalue weighted by Crippen LogP contribution is 2.22. The number of benzene rings is 1. The van der Waals surface area contributed by atoms with Gasteiger partial charge in [0.15, 0.2) is 0 Å². The molecule has 1 aromatic heterocycles. The normalized spacial score (nSPS) is 10.1. The zero-order valence-corrected chi connectivity index (χ0v) is 12.2. The van der Waals surface area contributed by atoms with Gasteiger partial charge >= 0.3 is 0 Å². The van der Waals surface area contributed by atoms with Crippen molar-refractivity contribution >= 4 is 45.2 Å². The van der Waals surface area contributed by atoms with Crippen molar-refractivity contribution in [2.75, 3.05) is 0 Å². The van der Waals surface area contributed by atoms with Crippen molar-refractivity contribution in [3.63, 3.8) is 0 Å². The molecule has 2 aromatic rings. The minimum atomic E-state index is -0.198. The molecule has 0 bridgehead atoms. The van der Waals surface area contributed by atoms with Crippen molar-refractivity contribution in [3.05, 3.63) is 48.1 Å². The molecule has 0 amide bonds. The Morgan fingerprint density at radius 3 is 2.56 bits per heavy atom. The number of nitrogens with one attached hydrogen (secondary N) is 1. The summed E-state index contributed by atoms with van der Waals surface area (Å²) in [4.78, 5) is 17.7. The second-order valence-electron chi connectivity index (χ2n) is 2.91. The van der Waals surface area contributed by atoms with Crippen molar-refractivity contribution in [2.24, 2.45) is 0 Å². The summed E-state index contributed by atoms with van der Waals surface area (Å²) in [6.45, 7) is 0. The quantitative estimate of drug-likeness (QED) is 0.732. The Morgan fingerprint density at radius 2 is 1.88 bits per heavy atom. The number of ether oxygens (including phenoxy) is 1. The van der Waals surface area contributed by atoms with Gasteiger partial charge in [-0.3, -0.25) is 4.79 Å². The largest absolute Gasteiger partial charge is 0.438 e. The lowest BCUT2D eigenvalue weighted by molar-refractivity contribution is 0.456. The first-order valence-electron chi connectivity index (χ1n) is 4.33. The van der Waals surface area contributed by atoms with Crippen LogP contribution >= 0.6 is 45.2 Å². The van der Waals surface area contributed by atoms with Gasteiger partial charge in [0.05, 0.1) is 6.33 Å². The van der Waals surface area contributed by atoms with Crippen LogP contribution in [0.4, 0.5) is 0 Å². The van der Waals surface area contributed by atoms with Gasteiger partial charge in [0, 0.05) is 3.57 Å². The van der Waals surface area contributed by atoms with Gasteiger partial charge in [-0.1, -0.05) is 0 Å². The Balaban J connectivity index is 2.30.